The number of nitrogens with one attached hydrogen (secondary N) is 1. The fourth-order valence-electron chi connectivity index (χ4n) is 1.14. The van der Waals surface area contributed by atoms with Crippen LogP contribution in [0.3, 0.4) is 0 Å². The number of carbonyl (C=O) groups is 2. The fraction of sp³-hybridized carbons (Fsp3) is 0.333. The predicted octanol–water partition coefficient (Wildman–Crippen LogP) is 0.190. The number of urea groups is 1. The lowest BCUT2D eigenvalue weighted by molar-refractivity contribution is -0.142. The number of carbonyl (C=O) groups excluding carboxylic acids is 1. The zero-order valence-electron chi connectivity index (χ0n) is 9.86. The minimum absolute atomic E-state index is 0.0818. The van der Waals surface area contributed by atoms with Gasteiger partial charge in [-0.2, -0.15) is 5.01 Å². The largest absolute Gasteiger partial charge is 0.479 e. The van der Waals surface area contributed by atoms with E-state index in [0.717, 1.165) is 9.91 Å². The van der Waals surface area contributed by atoms with Crippen LogP contribution in [0.1, 0.15) is 13.8 Å². The summed E-state index contributed by atoms with van der Waals surface area (Å²) in [6.07, 6.45) is 2.65. The third-order valence-corrected chi connectivity index (χ3v) is 2.19. The van der Waals surface area contributed by atoms with E-state index in [1.165, 1.54) is 26.2 Å². The highest BCUT2D eigenvalue weighted by Crippen LogP contribution is 2.13. The average Bonchev–Trinajstić information content (AvgIpc) is 2.68. The number of hydrogen-bond donors (Lipinski definition) is 3. The molecule has 0 aromatic carbocycles. The first-order chi connectivity index (χ1) is 8.26. The summed E-state index contributed by atoms with van der Waals surface area (Å²) in [5.74, 6) is -1.21. The van der Waals surface area contributed by atoms with Crippen molar-refractivity contribution in [2.75, 3.05) is 5.01 Å². The zero-order chi connectivity index (χ0) is 13.9. The molecule has 0 saturated carbocycles. The molecule has 0 unspecified atom stereocenters. The summed E-state index contributed by atoms with van der Waals surface area (Å²) >= 11 is 3.83. The van der Waals surface area contributed by atoms with Crippen molar-refractivity contribution < 1.29 is 14.7 Å². The van der Waals surface area contributed by atoms with Gasteiger partial charge in [-0.25, -0.2) is 9.59 Å². The number of hydrogen-bond acceptors (Lipinski definition) is 5. The van der Waals surface area contributed by atoms with Gasteiger partial charge >= 0.3 is 12.0 Å². The van der Waals surface area contributed by atoms with Crippen LogP contribution in [0.4, 0.5) is 4.79 Å². The Bertz CT molecular complexity index is 471. The number of rotatable bonds is 4. The number of thiol groups is 1. The second-order valence-corrected chi connectivity index (χ2v) is 4.39. The van der Waals surface area contributed by atoms with Crippen LogP contribution in [0, 0.1) is 0 Å². The molecule has 8 nitrogen and oxygen atoms in total. The summed E-state index contributed by atoms with van der Waals surface area (Å²) < 4.78 is 0. The van der Waals surface area contributed by atoms with Crippen molar-refractivity contribution in [3.63, 3.8) is 0 Å². The van der Waals surface area contributed by atoms with Crippen LogP contribution < -0.4 is 10.3 Å². The molecule has 2 N–H and O–H groups in total. The van der Waals surface area contributed by atoms with E-state index in [2.05, 4.69) is 34.7 Å². The molecule has 0 aliphatic carbocycles. The van der Waals surface area contributed by atoms with Gasteiger partial charge in [-0.3, -0.25) is 0 Å². The summed E-state index contributed by atoms with van der Waals surface area (Å²) in [4.78, 5) is 24.0. The van der Waals surface area contributed by atoms with E-state index in [9.17, 15) is 9.59 Å². The molecule has 1 aromatic rings. The molecule has 0 spiro atoms. The Morgan fingerprint density at radius 1 is 1.44 bits per heavy atom. The van der Waals surface area contributed by atoms with E-state index in [-0.39, 0.29) is 5.03 Å². The molecule has 0 aliphatic rings. The first-order valence-electron chi connectivity index (χ1n) is 4.86. The summed E-state index contributed by atoms with van der Waals surface area (Å²) in [5.41, 5.74) is -1.55. The monoisotopic (exact) mass is 271 g/mol. The van der Waals surface area contributed by atoms with E-state index in [4.69, 9.17) is 5.11 Å². The van der Waals surface area contributed by atoms with Crippen molar-refractivity contribution >= 4 is 24.6 Å². The van der Waals surface area contributed by atoms with Crippen molar-refractivity contribution in [1.29, 1.82) is 0 Å². The quantitative estimate of drug-likeness (QED) is 0.679. The van der Waals surface area contributed by atoms with Gasteiger partial charge in [0.2, 0.25) is 0 Å². The molecule has 18 heavy (non-hydrogen) atoms. The van der Waals surface area contributed by atoms with Crippen LogP contribution in [0.2, 0.25) is 0 Å². The lowest BCUT2D eigenvalue weighted by Crippen LogP contribution is -2.62. The van der Waals surface area contributed by atoms with Gasteiger partial charge in [0.1, 0.15) is 0 Å². The van der Waals surface area contributed by atoms with Crippen molar-refractivity contribution in [3.05, 3.63) is 24.0 Å². The van der Waals surface area contributed by atoms with E-state index in [1.54, 1.807) is 0 Å². The highest BCUT2D eigenvalue weighted by Gasteiger charge is 2.41. The molecule has 0 radical (unpaired) electrons. The average molecular weight is 271 g/mol. The lowest BCUT2D eigenvalue weighted by atomic mass is 10.1. The molecule has 0 saturated heterocycles. The van der Waals surface area contributed by atoms with Gasteiger partial charge in [0, 0.05) is 0 Å². The highest BCUT2D eigenvalue weighted by atomic mass is 32.1. The van der Waals surface area contributed by atoms with Crippen LogP contribution >= 0.6 is 12.6 Å². The highest BCUT2D eigenvalue weighted by molar-refractivity contribution is 7.84. The maximum Gasteiger partial charge on any atom is 0.345 e. The molecule has 0 fully saturated rings. The summed E-state index contributed by atoms with van der Waals surface area (Å²) in [5, 5.41) is 19.9. The van der Waals surface area contributed by atoms with E-state index >= 15 is 0 Å². The standard InChI is InChI=1S/C9H13N5O3S/c1-6(18)12-8(17)13(9(2,3)7(15)16)14-10-4-5-11-14/h4-5,18H,1H2,2-3H3,(H,12,17)(H,15,16). The van der Waals surface area contributed by atoms with Crippen molar-refractivity contribution in [2.24, 2.45) is 0 Å². The van der Waals surface area contributed by atoms with Crippen LogP contribution in [-0.2, 0) is 4.79 Å². The molecule has 9 heteroatoms. The first kappa shape index (κ1) is 14.0. The van der Waals surface area contributed by atoms with Crippen molar-refractivity contribution in [3.8, 4) is 0 Å². The maximum absolute atomic E-state index is 11.9. The molecule has 1 aromatic heterocycles. The number of aliphatic carboxylic acids is 1. The second kappa shape index (κ2) is 5.08. The Kier molecular flexibility index (Phi) is 3.96. The topological polar surface area (TPSA) is 100 Å². The summed E-state index contributed by atoms with van der Waals surface area (Å²) in [6.45, 7) is 6.09. The van der Waals surface area contributed by atoms with E-state index in [1.807, 2.05) is 0 Å². The molecule has 98 valence electrons. The van der Waals surface area contributed by atoms with Crippen molar-refractivity contribution in [1.82, 2.24) is 20.4 Å². The Morgan fingerprint density at radius 3 is 2.33 bits per heavy atom. The van der Waals surface area contributed by atoms with Gasteiger partial charge in [0.05, 0.1) is 17.4 Å². The minimum Gasteiger partial charge on any atom is -0.479 e. The predicted molar refractivity (Wildman–Crippen MR) is 66.6 cm³/mol. The van der Waals surface area contributed by atoms with E-state index < -0.39 is 17.5 Å². The number of nitrogens with zero attached hydrogens (tertiary/aromatic N) is 4. The maximum atomic E-state index is 11.9. The SMILES string of the molecule is C=C(S)NC(=O)N(n1nccn1)C(C)(C)C(=O)O. The van der Waals surface area contributed by atoms with Crippen molar-refractivity contribution in [2.45, 2.75) is 19.4 Å². The molecule has 1 heterocycles. The van der Waals surface area contributed by atoms with Gasteiger partial charge in [-0.1, -0.05) is 11.5 Å². The van der Waals surface area contributed by atoms with E-state index in [0.29, 0.717) is 0 Å². The van der Waals surface area contributed by atoms with Gasteiger partial charge in [0.15, 0.2) is 5.54 Å². The smallest absolute Gasteiger partial charge is 0.345 e. The second-order valence-electron chi connectivity index (χ2n) is 3.85. The molecule has 0 atom stereocenters. The normalized spacial score (nSPS) is 10.8. The van der Waals surface area contributed by atoms with Crippen LogP contribution in [-0.4, -0.2) is 37.7 Å². The Morgan fingerprint density at radius 2 is 1.94 bits per heavy atom. The first-order valence-corrected chi connectivity index (χ1v) is 5.30. The van der Waals surface area contributed by atoms with Gasteiger partial charge in [0.25, 0.3) is 0 Å². The molecule has 0 aliphatic heterocycles. The molecule has 1 rings (SSSR count). The molecular weight excluding hydrogens is 258 g/mol. The van der Waals surface area contributed by atoms with Gasteiger partial charge in [-0.05, 0) is 13.8 Å². The van der Waals surface area contributed by atoms with Gasteiger partial charge in [-0.15, -0.1) is 22.8 Å². The number of amides is 2. The fourth-order valence-corrected chi connectivity index (χ4v) is 1.23. The molecule has 0 bridgehead atoms. The van der Waals surface area contributed by atoms with Crippen LogP contribution in [0.25, 0.3) is 0 Å². The van der Waals surface area contributed by atoms with Gasteiger partial charge < -0.3 is 10.4 Å². The third-order valence-electron chi connectivity index (χ3n) is 2.08. The lowest BCUT2D eigenvalue weighted by Gasteiger charge is -2.32. The molecule has 2 amide bonds. The Balaban J connectivity index is 3.15. The zero-order valence-corrected chi connectivity index (χ0v) is 10.8. The Labute approximate surface area is 109 Å². The number of carboxylic acid groups (broad SMARTS) is 1. The Hall–Kier alpha value is -2.03. The summed E-state index contributed by atoms with van der Waals surface area (Å²) in [7, 11) is 0. The number of carboxylic acids is 1. The van der Waals surface area contributed by atoms with Crippen LogP contribution in [0.5, 0.6) is 0 Å². The third kappa shape index (κ3) is 2.80. The summed E-state index contributed by atoms with van der Waals surface area (Å²) in [6, 6.07) is -0.751. The minimum atomic E-state index is -1.55. The van der Waals surface area contributed by atoms with Crippen LogP contribution in [0.15, 0.2) is 24.0 Å². The number of aromatic nitrogens is 3. The molecular formula is C9H13N5O3S.